The predicted octanol–water partition coefficient (Wildman–Crippen LogP) is 4.82. The molecule has 2 heterocycles. The van der Waals surface area contributed by atoms with Gasteiger partial charge in [-0.1, -0.05) is 25.0 Å². The summed E-state index contributed by atoms with van der Waals surface area (Å²) in [5.41, 5.74) is 3.53. The highest BCUT2D eigenvalue weighted by Crippen LogP contribution is 2.31. The third-order valence-electron chi connectivity index (χ3n) is 7.60. The Kier molecular flexibility index (Phi) is 6.11. The number of piperidine rings is 1. The number of rotatable bonds is 5. The van der Waals surface area contributed by atoms with Crippen LogP contribution >= 0.6 is 0 Å². The van der Waals surface area contributed by atoms with Crippen molar-refractivity contribution in [3.8, 4) is 11.4 Å². The Morgan fingerprint density at radius 1 is 1.06 bits per heavy atom. The van der Waals surface area contributed by atoms with Crippen molar-refractivity contribution in [2.75, 3.05) is 27.2 Å². The Morgan fingerprint density at radius 3 is 2.52 bits per heavy atom. The highest BCUT2D eigenvalue weighted by molar-refractivity contribution is 5.95. The number of para-hydroxylation sites is 2. The lowest BCUT2D eigenvalue weighted by Gasteiger charge is -2.39. The van der Waals surface area contributed by atoms with E-state index < -0.39 is 0 Å². The van der Waals surface area contributed by atoms with Gasteiger partial charge in [0.15, 0.2) is 0 Å². The molecule has 2 fully saturated rings. The number of methoxy groups -OCH3 is 1. The minimum Gasteiger partial charge on any atom is -0.495 e. The molecule has 2 aliphatic rings. The Morgan fingerprint density at radius 2 is 1.79 bits per heavy atom. The molecule has 6 nitrogen and oxygen atoms in total. The largest absolute Gasteiger partial charge is 0.495 e. The maximum Gasteiger partial charge on any atom is 0.253 e. The first-order chi connectivity index (χ1) is 16.1. The van der Waals surface area contributed by atoms with Crippen molar-refractivity contribution in [3.63, 3.8) is 0 Å². The summed E-state index contributed by atoms with van der Waals surface area (Å²) < 4.78 is 7.82. The van der Waals surface area contributed by atoms with Gasteiger partial charge in [-0.2, -0.15) is 0 Å². The van der Waals surface area contributed by atoms with Crippen LogP contribution in [0.5, 0.6) is 5.75 Å². The average molecular weight is 447 g/mol. The quantitative estimate of drug-likeness (QED) is 0.564. The molecular weight excluding hydrogens is 412 g/mol. The molecule has 0 radical (unpaired) electrons. The van der Waals surface area contributed by atoms with Gasteiger partial charge in [0.1, 0.15) is 11.6 Å². The predicted molar refractivity (Wildman–Crippen MR) is 131 cm³/mol. The lowest BCUT2D eigenvalue weighted by atomic mass is 10.0. The molecule has 174 valence electrons. The van der Waals surface area contributed by atoms with Gasteiger partial charge >= 0.3 is 0 Å². The van der Waals surface area contributed by atoms with E-state index in [1.807, 2.05) is 55.3 Å². The van der Waals surface area contributed by atoms with Crippen molar-refractivity contribution in [2.24, 2.45) is 0 Å². The summed E-state index contributed by atoms with van der Waals surface area (Å²) in [6.45, 7) is 4.19. The van der Waals surface area contributed by atoms with E-state index >= 15 is 0 Å². The van der Waals surface area contributed by atoms with Gasteiger partial charge in [-0.05, 0) is 62.9 Å². The second-order valence-electron chi connectivity index (χ2n) is 9.49. The fourth-order valence-corrected chi connectivity index (χ4v) is 5.72. The molecule has 2 aromatic carbocycles. The van der Waals surface area contributed by atoms with Crippen LogP contribution < -0.4 is 4.74 Å². The summed E-state index contributed by atoms with van der Waals surface area (Å²) in [6.07, 6.45) is 7.53. The van der Waals surface area contributed by atoms with E-state index in [1.165, 1.54) is 25.7 Å². The van der Waals surface area contributed by atoms with Crippen molar-refractivity contribution in [1.29, 1.82) is 0 Å². The molecule has 1 saturated carbocycles. The summed E-state index contributed by atoms with van der Waals surface area (Å²) in [4.78, 5) is 22.6. The van der Waals surface area contributed by atoms with Gasteiger partial charge in [0.2, 0.25) is 0 Å². The monoisotopic (exact) mass is 446 g/mol. The summed E-state index contributed by atoms with van der Waals surface area (Å²) in [6, 6.07) is 14.9. The van der Waals surface area contributed by atoms with Crippen molar-refractivity contribution in [3.05, 3.63) is 53.9 Å². The van der Waals surface area contributed by atoms with Crippen LogP contribution in [-0.2, 0) is 0 Å². The van der Waals surface area contributed by atoms with Crippen LogP contribution in [0.2, 0.25) is 0 Å². The minimum atomic E-state index is 0.0615. The standard InChI is InChI=1S/C27H34N4O2/c1-19-28-23-10-6-7-11-24(23)31(19)25-13-12-20(18-26(25)33-3)27(32)29(2)21-14-16-30(17-15-21)22-8-4-5-9-22/h6-7,10-13,18,21-22H,4-5,8-9,14-17H2,1-3H3. The maximum absolute atomic E-state index is 13.4. The molecule has 1 aliphatic carbocycles. The molecule has 1 aliphatic heterocycles. The first-order valence-corrected chi connectivity index (χ1v) is 12.2. The number of benzene rings is 2. The fourth-order valence-electron chi connectivity index (χ4n) is 5.72. The number of fused-ring (bicyclic) bond motifs is 1. The third kappa shape index (κ3) is 4.12. The average Bonchev–Trinajstić information content (AvgIpc) is 3.50. The Bertz CT molecular complexity index is 1140. The van der Waals surface area contributed by atoms with E-state index in [-0.39, 0.29) is 5.91 Å². The van der Waals surface area contributed by atoms with Crippen molar-refractivity contribution in [2.45, 2.75) is 57.5 Å². The smallest absolute Gasteiger partial charge is 0.253 e. The number of nitrogens with zero attached hydrogens (tertiary/aromatic N) is 4. The third-order valence-corrected chi connectivity index (χ3v) is 7.60. The normalized spacial score (nSPS) is 18.2. The van der Waals surface area contributed by atoms with E-state index in [0.717, 1.165) is 54.5 Å². The zero-order valence-corrected chi connectivity index (χ0v) is 20.0. The van der Waals surface area contributed by atoms with E-state index in [2.05, 4.69) is 20.5 Å². The first-order valence-electron chi connectivity index (χ1n) is 12.2. The van der Waals surface area contributed by atoms with E-state index in [1.54, 1.807) is 7.11 Å². The van der Waals surface area contributed by atoms with Crippen LogP contribution in [0.1, 0.15) is 54.7 Å². The molecule has 1 amide bonds. The number of imidazole rings is 1. The molecule has 33 heavy (non-hydrogen) atoms. The zero-order valence-electron chi connectivity index (χ0n) is 20.0. The summed E-state index contributed by atoms with van der Waals surface area (Å²) in [7, 11) is 3.61. The number of hydrogen-bond acceptors (Lipinski definition) is 4. The number of carbonyl (C=O) groups is 1. The molecule has 3 aromatic rings. The van der Waals surface area contributed by atoms with Gasteiger partial charge in [0.25, 0.3) is 5.91 Å². The Balaban J connectivity index is 1.34. The molecule has 0 atom stereocenters. The van der Waals surface area contributed by atoms with Gasteiger partial charge in [0.05, 0.1) is 23.8 Å². The Labute approximate surface area is 196 Å². The van der Waals surface area contributed by atoms with Crippen LogP contribution in [0.25, 0.3) is 16.7 Å². The molecule has 5 rings (SSSR count). The van der Waals surface area contributed by atoms with Crippen LogP contribution in [0.3, 0.4) is 0 Å². The van der Waals surface area contributed by atoms with Gasteiger partial charge in [-0.25, -0.2) is 4.98 Å². The molecule has 6 heteroatoms. The minimum absolute atomic E-state index is 0.0615. The number of aryl methyl sites for hydroxylation is 1. The first kappa shape index (κ1) is 22.0. The van der Waals surface area contributed by atoms with Crippen LogP contribution in [0, 0.1) is 6.92 Å². The topological polar surface area (TPSA) is 50.6 Å². The van der Waals surface area contributed by atoms with Crippen molar-refractivity contribution in [1.82, 2.24) is 19.4 Å². The molecule has 0 N–H and O–H groups in total. The van der Waals surface area contributed by atoms with Crippen LogP contribution in [-0.4, -0.2) is 64.6 Å². The highest BCUT2D eigenvalue weighted by Gasteiger charge is 2.30. The number of hydrogen-bond donors (Lipinski definition) is 0. The molecule has 1 aromatic heterocycles. The number of amides is 1. The maximum atomic E-state index is 13.4. The van der Waals surface area contributed by atoms with E-state index in [0.29, 0.717) is 17.4 Å². The van der Waals surface area contributed by atoms with Gasteiger partial charge in [0, 0.05) is 37.8 Å². The number of ether oxygens (including phenoxy) is 1. The molecule has 1 saturated heterocycles. The van der Waals surface area contributed by atoms with Crippen LogP contribution in [0.4, 0.5) is 0 Å². The molecular formula is C27H34N4O2. The molecule has 0 bridgehead atoms. The van der Waals surface area contributed by atoms with Crippen molar-refractivity contribution < 1.29 is 9.53 Å². The lowest BCUT2D eigenvalue weighted by molar-refractivity contribution is 0.0598. The lowest BCUT2D eigenvalue weighted by Crippen LogP contribution is -2.48. The van der Waals surface area contributed by atoms with Gasteiger partial charge < -0.3 is 14.5 Å². The van der Waals surface area contributed by atoms with Gasteiger partial charge in [-0.3, -0.25) is 9.36 Å². The molecule has 0 spiro atoms. The Hall–Kier alpha value is -2.86. The summed E-state index contributed by atoms with van der Waals surface area (Å²) in [5.74, 6) is 1.63. The number of carbonyl (C=O) groups excluding carboxylic acids is 1. The summed E-state index contributed by atoms with van der Waals surface area (Å²) in [5, 5.41) is 0. The fraction of sp³-hybridized carbons (Fsp3) is 0.481. The van der Waals surface area contributed by atoms with Gasteiger partial charge in [-0.15, -0.1) is 0 Å². The second-order valence-corrected chi connectivity index (χ2v) is 9.49. The SMILES string of the molecule is COc1cc(C(=O)N(C)C2CCN(C3CCCC3)CC2)ccc1-n1c(C)nc2ccccc21. The molecule has 0 unspecified atom stereocenters. The van der Waals surface area contributed by atoms with Crippen molar-refractivity contribution >= 4 is 16.9 Å². The summed E-state index contributed by atoms with van der Waals surface area (Å²) >= 11 is 0. The van der Waals surface area contributed by atoms with Crippen LogP contribution in [0.15, 0.2) is 42.5 Å². The van der Waals surface area contributed by atoms with E-state index in [9.17, 15) is 4.79 Å². The zero-order chi connectivity index (χ0) is 22.9. The van der Waals surface area contributed by atoms with E-state index in [4.69, 9.17) is 4.74 Å². The number of aromatic nitrogens is 2. The highest BCUT2D eigenvalue weighted by atomic mass is 16.5. The number of likely N-dealkylation sites (tertiary alicyclic amines) is 1. The second kappa shape index (κ2) is 9.18.